The van der Waals surface area contributed by atoms with E-state index in [0.717, 1.165) is 17.1 Å². The first-order chi connectivity index (χ1) is 11.4. The summed E-state index contributed by atoms with van der Waals surface area (Å²) < 4.78 is 34.8. The lowest BCUT2D eigenvalue weighted by atomic mass is 10.1. The fraction of sp³-hybridized carbons (Fsp3) is 0.647. The molecule has 1 aromatic rings. The van der Waals surface area contributed by atoms with Crippen molar-refractivity contribution in [3.63, 3.8) is 0 Å². The molecule has 7 heteroatoms. The van der Waals surface area contributed by atoms with Crippen LogP contribution in [-0.2, 0) is 24.6 Å². The Labute approximate surface area is 145 Å². The normalized spacial score (nSPS) is 16.4. The van der Waals surface area contributed by atoms with Crippen molar-refractivity contribution in [3.8, 4) is 11.5 Å². The third-order valence-corrected chi connectivity index (χ3v) is 6.15. The quantitative estimate of drug-likeness (QED) is 0.633. The van der Waals surface area contributed by atoms with Gasteiger partial charge in [0.25, 0.3) is 0 Å². The van der Waals surface area contributed by atoms with Crippen LogP contribution in [-0.4, -0.2) is 40.6 Å². The van der Waals surface area contributed by atoms with Gasteiger partial charge >= 0.3 is 8.80 Å². The van der Waals surface area contributed by atoms with E-state index in [-0.39, 0.29) is 6.23 Å². The molecule has 0 fully saturated rings. The van der Waals surface area contributed by atoms with Gasteiger partial charge in [0, 0.05) is 39.2 Å². The third kappa shape index (κ3) is 4.94. The molecule has 0 saturated carbocycles. The lowest BCUT2D eigenvalue weighted by Crippen LogP contribution is -2.51. The summed E-state index contributed by atoms with van der Waals surface area (Å²) in [6.07, 6.45) is 0.272. The molecular formula is C17H28O6Si. The van der Waals surface area contributed by atoms with Gasteiger partial charge in [-0.2, -0.15) is 0 Å². The predicted molar refractivity (Wildman–Crippen MR) is 92.1 cm³/mol. The molecule has 0 aliphatic carbocycles. The van der Waals surface area contributed by atoms with Gasteiger partial charge in [-0.3, -0.25) is 0 Å². The molecule has 0 N–H and O–H groups in total. The molecule has 0 radical (unpaired) electrons. The molecule has 1 aromatic carbocycles. The molecule has 2 rings (SSSR count). The maximum Gasteiger partial charge on any atom is 0.540 e. The Morgan fingerprint density at radius 3 is 2.25 bits per heavy atom. The average molecular weight is 356 g/mol. The minimum Gasteiger partial charge on any atom is -0.489 e. The molecule has 0 bridgehead atoms. The van der Waals surface area contributed by atoms with Crippen LogP contribution < -0.4 is 9.47 Å². The van der Waals surface area contributed by atoms with Crippen molar-refractivity contribution in [1.29, 1.82) is 0 Å². The van der Waals surface area contributed by atoms with Crippen LogP contribution >= 0.6 is 0 Å². The van der Waals surface area contributed by atoms with Crippen LogP contribution in [0.25, 0.3) is 0 Å². The molecule has 0 spiro atoms. The highest BCUT2D eigenvalue weighted by molar-refractivity contribution is 6.60. The molecule has 1 aliphatic heterocycles. The zero-order valence-corrected chi connectivity index (χ0v) is 16.2. The van der Waals surface area contributed by atoms with E-state index in [1.54, 1.807) is 0 Å². The van der Waals surface area contributed by atoms with E-state index in [1.807, 2.05) is 52.8 Å². The van der Waals surface area contributed by atoms with Crippen molar-refractivity contribution in [3.05, 3.63) is 23.8 Å². The van der Waals surface area contributed by atoms with E-state index in [1.165, 1.54) is 0 Å². The molecule has 136 valence electrons. The van der Waals surface area contributed by atoms with Crippen molar-refractivity contribution in [2.45, 2.75) is 47.0 Å². The summed E-state index contributed by atoms with van der Waals surface area (Å²) in [6.45, 7) is 11.6. The smallest absolute Gasteiger partial charge is 0.489 e. The van der Waals surface area contributed by atoms with Crippen molar-refractivity contribution in [2.24, 2.45) is 0 Å². The summed E-state index contributed by atoms with van der Waals surface area (Å²) in [7, 11) is -2.82. The molecule has 1 aliphatic rings. The number of ether oxygens (including phenoxy) is 3. The Morgan fingerprint density at radius 1 is 1.04 bits per heavy atom. The summed E-state index contributed by atoms with van der Waals surface area (Å²) in [4.78, 5) is 0. The van der Waals surface area contributed by atoms with Crippen LogP contribution in [0.4, 0.5) is 0 Å². The molecule has 0 saturated heterocycles. The SMILES string of the molecule is CCO[Si](COc1ccc2c(c1)COC(C)(C)O2)(OCC)OCC. The van der Waals surface area contributed by atoms with E-state index in [9.17, 15) is 0 Å². The first-order valence-corrected chi connectivity index (χ1v) is 10.4. The van der Waals surface area contributed by atoms with Crippen LogP contribution in [0.5, 0.6) is 11.5 Å². The summed E-state index contributed by atoms with van der Waals surface area (Å²) >= 11 is 0. The minimum atomic E-state index is -2.82. The van der Waals surface area contributed by atoms with Crippen molar-refractivity contribution >= 4 is 8.80 Å². The zero-order chi connectivity index (χ0) is 17.6. The third-order valence-electron chi connectivity index (χ3n) is 3.47. The molecular weight excluding hydrogens is 328 g/mol. The van der Waals surface area contributed by atoms with E-state index in [4.69, 9.17) is 27.5 Å². The van der Waals surface area contributed by atoms with Crippen LogP contribution in [0, 0.1) is 0 Å². The molecule has 0 aromatic heterocycles. The van der Waals surface area contributed by atoms with Crippen LogP contribution in [0.3, 0.4) is 0 Å². The van der Waals surface area contributed by atoms with E-state index in [0.29, 0.717) is 26.4 Å². The van der Waals surface area contributed by atoms with Gasteiger partial charge in [-0.1, -0.05) is 0 Å². The molecule has 0 amide bonds. The maximum absolute atomic E-state index is 5.92. The highest BCUT2D eigenvalue weighted by Gasteiger charge is 2.42. The predicted octanol–water partition coefficient (Wildman–Crippen LogP) is 3.30. The molecule has 0 unspecified atom stereocenters. The van der Waals surface area contributed by atoms with Crippen molar-refractivity contribution in [2.75, 3.05) is 26.1 Å². The Balaban J connectivity index is 2.07. The second-order valence-corrected chi connectivity index (χ2v) is 8.35. The number of benzene rings is 1. The molecule has 6 nitrogen and oxygen atoms in total. The van der Waals surface area contributed by atoms with Gasteiger partial charge in [0.15, 0.2) is 6.23 Å². The summed E-state index contributed by atoms with van der Waals surface area (Å²) in [5, 5.41) is 0. The van der Waals surface area contributed by atoms with Gasteiger partial charge in [0.2, 0.25) is 5.79 Å². The topological polar surface area (TPSA) is 55.4 Å². The Hall–Kier alpha value is -1.12. The fourth-order valence-corrected chi connectivity index (χ4v) is 4.65. The lowest BCUT2D eigenvalue weighted by Gasteiger charge is -2.33. The minimum absolute atomic E-state index is 0.272. The first kappa shape index (κ1) is 19.2. The van der Waals surface area contributed by atoms with Gasteiger partial charge in [-0.05, 0) is 39.0 Å². The molecule has 24 heavy (non-hydrogen) atoms. The van der Waals surface area contributed by atoms with Gasteiger partial charge < -0.3 is 27.5 Å². The van der Waals surface area contributed by atoms with Gasteiger partial charge in [-0.25, -0.2) is 0 Å². The zero-order valence-electron chi connectivity index (χ0n) is 15.2. The van der Waals surface area contributed by atoms with Gasteiger partial charge in [-0.15, -0.1) is 0 Å². The lowest BCUT2D eigenvalue weighted by molar-refractivity contribution is -0.180. The largest absolute Gasteiger partial charge is 0.540 e. The van der Waals surface area contributed by atoms with Crippen LogP contribution in [0.15, 0.2) is 18.2 Å². The number of hydrogen-bond donors (Lipinski definition) is 0. The molecule has 0 atom stereocenters. The average Bonchev–Trinajstić information content (AvgIpc) is 2.53. The van der Waals surface area contributed by atoms with E-state index < -0.39 is 14.6 Å². The van der Waals surface area contributed by atoms with Crippen molar-refractivity contribution < 1.29 is 27.5 Å². The van der Waals surface area contributed by atoms with Crippen LogP contribution in [0.1, 0.15) is 40.2 Å². The summed E-state index contributed by atoms with van der Waals surface area (Å²) in [6, 6.07) is 5.71. The summed E-state index contributed by atoms with van der Waals surface area (Å²) in [5.74, 6) is 0.939. The van der Waals surface area contributed by atoms with Crippen molar-refractivity contribution in [1.82, 2.24) is 0 Å². The fourth-order valence-electron chi connectivity index (χ4n) is 2.49. The second kappa shape index (κ2) is 8.31. The number of fused-ring (bicyclic) bond motifs is 1. The van der Waals surface area contributed by atoms with Gasteiger partial charge in [0.05, 0.1) is 6.61 Å². The Bertz CT molecular complexity index is 517. The van der Waals surface area contributed by atoms with E-state index in [2.05, 4.69) is 0 Å². The Morgan fingerprint density at radius 2 is 1.67 bits per heavy atom. The Kier molecular flexibility index (Phi) is 6.65. The standard InChI is InChI=1S/C17H28O6Si/c1-6-20-24(21-7-2,22-8-3)13-18-15-9-10-16-14(11-15)12-19-17(4,5)23-16/h9-11H,6-8,12-13H2,1-5H3. The summed E-state index contributed by atoms with van der Waals surface area (Å²) in [5.41, 5.74) is 0.961. The second-order valence-electron chi connectivity index (χ2n) is 5.83. The number of rotatable bonds is 9. The van der Waals surface area contributed by atoms with Gasteiger partial charge in [0.1, 0.15) is 11.5 Å². The molecule has 1 heterocycles. The monoisotopic (exact) mass is 356 g/mol. The highest BCUT2D eigenvalue weighted by Crippen LogP contribution is 2.33. The van der Waals surface area contributed by atoms with Crippen LogP contribution in [0.2, 0.25) is 0 Å². The number of hydrogen-bond acceptors (Lipinski definition) is 6. The van der Waals surface area contributed by atoms with E-state index >= 15 is 0 Å². The first-order valence-electron chi connectivity index (χ1n) is 8.44. The highest BCUT2D eigenvalue weighted by atomic mass is 28.4. The maximum atomic E-state index is 5.92.